The van der Waals surface area contributed by atoms with Gasteiger partial charge >= 0.3 is 25.0 Å². The first-order valence-electron chi connectivity index (χ1n) is 7.49. The van der Waals surface area contributed by atoms with Crippen LogP contribution in [-0.2, 0) is 11.3 Å². The van der Waals surface area contributed by atoms with Crippen molar-refractivity contribution < 1.29 is 33.5 Å². The van der Waals surface area contributed by atoms with E-state index in [2.05, 4.69) is 0 Å². The van der Waals surface area contributed by atoms with Gasteiger partial charge in [-0.2, -0.15) is 0 Å². The zero-order valence-corrected chi connectivity index (χ0v) is 13.3. The van der Waals surface area contributed by atoms with E-state index in [1.807, 2.05) is 42.5 Å². The normalized spacial score (nSPS) is 18.9. The number of hydrogen-bond donors (Lipinski definition) is 0. The molecule has 5 heteroatoms. The van der Waals surface area contributed by atoms with Gasteiger partial charge in [-0.25, -0.2) is 4.79 Å². The Kier molecular flexibility index (Phi) is 6.15. The van der Waals surface area contributed by atoms with E-state index in [0.717, 1.165) is 12.0 Å². The van der Waals surface area contributed by atoms with Gasteiger partial charge in [0.25, 0.3) is 0 Å². The molecule has 1 heterocycles. The molecular weight excluding hydrogens is 285 g/mol. The number of hydrogen-bond acceptors (Lipinski definition) is 3. The molecule has 0 radical (unpaired) electrons. The topological polar surface area (TPSA) is 52.6 Å². The number of nitrogens with zero attached hydrogens (tertiary/aromatic N) is 1. The zero-order valence-electron chi connectivity index (χ0n) is 13.3. The van der Waals surface area contributed by atoms with Gasteiger partial charge in [0.2, 0.25) is 0 Å². The molecule has 114 valence electrons. The Labute approximate surface area is 148 Å². The fraction of sp³-hybridized carbons (Fsp3) is 0.278. The van der Waals surface area contributed by atoms with Gasteiger partial charge in [-0.1, -0.05) is 54.6 Å². The molecule has 1 fully saturated rings. The van der Waals surface area contributed by atoms with E-state index in [0.29, 0.717) is 18.5 Å². The fourth-order valence-electron chi connectivity index (χ4n) is 2.79. The maximum Gasteiger partial charge on any atom is 1.00 e. The monoisotopic (exact) mass is 303 g/mol. The summed E-state index contributed by atoms with van der Waals surface area (Å²) in [5.74, 6) is -0.000777. The van der Waals surface area contributed by atoms with Crippen molar-refractivity contribution in [3.8, 4) is 0 Å². The van der Waals surface area contributed by atoms with Gasteiger partial charge in [0.05, 0.1) is 0 Å². The van der Waals surface area contributed by atoms with Gasteiger partial charge in [-0.15, -0.1) is 5.76 Å². The second kappa shape index (κ2) is 8.10. The second-order valence-electron chi connectivity index (χ2n) is 5.43. The molecule has 4 nitrogen and oxygen atoms in total. The van der Waals surface area contributed by atoms with Gasteiger partial charge in [-0.05, 0) is 24.0 Å². The summed E-state index contributed by atoms with van der Waals surface area (Å²) in [5, 5.41) is 12.4. The summed E-state index contributed by atoms with van der Waals surface area (Å²) < 4.78 is 5.34. The minimum atomic E-state index is -0.411. The molecule has 1 aromatic rings. The van der Waals surface area contributed by atoms with Crippen LogP contribution in [0.4, 0.5) is 4.79 Å². The second-order valence-corrected chi connectivity index (χ2v) is 5.43. The number of allylic oxidation sites excluding steroid dienone is 5. The molecule has 1 aromatic carbocycles. The molecule has 23 heavy (non-hydrogen) atoms. The van der Waals surface area contributed by atoms with E-state index in [4.69, 9.17) is 4.74 Å². The van der Waals surface area contributed by atoms with Crippen molar-refractivity contribution in [2.45, 2.75) is 25.5 Å². The predicted molar refractivity (Wildman–Crippen MR) is 81.7 cm³/mol. The number of carbonyl (C=O) groups excluding carboxylic acids is 1. The molecule has 1 atom stereocenters. The first-order valence-corrected chi connectivity index (χ1v) is 7.49. The number of carbonyl (C=O) groups is 1. The Morgan fingerprint density at radius 2 is 1.91 bits per heavy atom. The smallest absolute Gasteiger partial charge is 0.874 e. The third kappa shape index (κ3) is 4.10. The van der Waals surface area contributed by atoms with Crippen molar-refractivity contribution in [3.63, 3.8) is 0 Å². The molecule has 0 bridgehead atoms. The summed E-state index contributed by atoms with van der Waals surface area (Å²) in [6.07, 6.45) is 8.36. The summed E-state index contributed by atoms with van der Waals surface area (Å²) in [6.45, 7) is 0.804. The first-order chi connectivity index (χ1) is 10.8. The van der Waals surface area contributed by atoms with E-state index in [1.165, 1.54) is 0 Å². The average Bonchev–Trinajstić information content (AvgIpc) is 3.24. The van der Waals surface area contributed by atoms with Crippen LogP contribution in [0.3, 0.4) is 0 Å². The molecule has 0 aromatic heterocycles. The van der Waals surface area contributed by atoms with Crippen LogP contribution in [0, 0.1) is 0 Å². The quantitative estimate of drug-likeness (QED) is 0.560. The van der Waals surface area contributed by atoms with E-state index < -0.39 is 12.1 Å². The van der Waals surface area contributed by atoms with Crippen LogP contribution in [0.15, 0.2) is 66.0 Å². The number of benzene rings is 1. The SMILES string of the molecule is O=C(OCc1ccccc1)N1CCC[C@H]1C([O-])=C1C=CC=C1.[Li+]. The molecule has 1 amide bonds. The molecule has 1 aliphatic carbocycles. The Hall–Kier alpha value is -1.89. The summed E-state index contributed by atoms with van der Waals surface area (Å²) in [6, 6.07) is 9.14. The molecule has 0 N–H and O–H groups in total. The number of ether oxygens (including phenoxy) is 1. The molecule has 2 aliphatic rings. The van der Waals surface area contributed by atoms with Crippen LogP contribution in [0.2, 0.25) is 0 Å². The van der Waals surface area contributed by atoms with E-state index >= 15 is 0 Å². The van der Waals surface area contributed by atoms with Crippen LogP contribution in [-0.4, -0.2) is 23.6 Å². The van der Waals surface area contributed by atoms with Crippen LogP contribution >= 0.6 is 0 Å². The Bertz CT molecular complexity index is 623. The number of amides is 1. The van der Waals surface area contributed by atoms with E-state index in [-0.39, 0.29) is 31.2 Å². The van der Waals surface area contributed by atoms with E-state index in [9.17, 15) is 9.90 Å². The summed E-state index contributed by atoms with van der Waals surface area (Å²) in [5.41, 5.74) is 1.60. The van der Waals surface area contributed by atoms with Crippen molar-refractivity contribution in [1.82, 2.24) is 4.90 Å². The summed E-state index contributed by atoms with van der Waals surface area (Å²) in [4.78, 5) is 13.8. The molecule has 0 saturated carbocycles. The average molecular weight is 303 g/mol. The summed E-state index contributed by atoms with van der Waals surface area (Å²) in [7, 11) is 0. The first kappa shape index (κ1) is 17.5. The molecule has 3 rings (SSSR count). The van der Waals surface area contributed by atoms with Crippen molar-refractivity contribution >= 4 is 6.09 Å². The number of rotatable bonds is 3. The third-order valence-electron chi connectivity index (χ3n) is 3.94. The van der Waals surface area contributed by atoms with Crippen LogP contribution in [0.5, 0.6) is 0 Å². The standard InChI is InChI=1S/C18H19NO3.Li/c20-17(15-9-4-5-10-15)16-11-6-12-19(16)18(21)22-13-14-7-2-1-3-8-14;/h1-5,7-10,16,20H,6,11-13H2;/q;+1/p-1/t16-;/m0./s1. The van der Waals surface area contributed by atoms with E-state index in [1.54, 1.807) is 17.1 Å². The maximum atomic E-state index is 12.4. The van der Waals surface area contributed by atoms with Gasteiger partial charge in [0.1, 0.15) is 6.61 Å². The maximum absolute atomic E-state index is 12.4. The van der Waals surface area contributed by atoms with Crippen LogP contribution in [0.25, 0.3) is 0 Å². The Morgan fingerprint density at radius 3 is 2.61 bits per heavy atom. The van der Waals surface area contributed by atoms with Gasteiger partial charge in [0, 0.05) is 12.6 Å². The largest absolute Gasteiger partial charge is 1.00 e. The summed E-state index contributed by atoms with van der Waals surface area (Å²) >= 11 is 0. The molecule has 1 aliphatic heterocycles. The molecule has 1 saturated heterocycles. The van der Waals surface area contributed by atoms with Crippen LogP contribution < -0.4 is 24.0 Å². The van der Waals surface area contributed by atoms with Gasteiger partial charge in [0.15, 0.2) is 0 Å². The fourth-order valence-corrected chi connectivity index (χ4v) is 2.79. The predicted octanol–water partition coefficient (Wildman–Crippen LogP) is -0.468. The Balaban J connectivity index is 0.00000192. The Morgan fingerprint density at radius 1 is 1.22 bits per heavy atom. The zero-order chi connectivity index (χ0) is 15.4. The minimum Gasteiger partial charge on any atom is -0.874 e. The molecule has 0 spiro atoms. The molecule has 0 unspecified atom stereocenters. The minimum absolute atomic E-state index is 0. The van der Waals surface area contributed by atoms with Gasteiger partial charge < -0.3 is 14.7 Å². The van der Waals surface area contributed by atoms with Crippen molar-refractivity contribution in [3.05, 3.63) is 71.5 Å². The third-order valence-corrected chi connectivity index (χ3v) is 3.94. The van der Waals surface area contributed by atoms with Crippen molar-refractivity contribution in [1.29, 1.82) is 0 Å². The van der Waals surface area contributed by atoms with Gasteiger partial charge in [-0.3, -0.25) is 0 Å². The van der Waals surface area contributed by atoms with Crippen LogP contribution in [0.1, 0.15) is 18.4 Å². The molecular formula is C18H18LiNO3. The van der Waals surface area contributed by atoms with Crippen molar-refractivity contribution in [2.75, 3.05) is 6.54 Å². The number of likely N-dealkylation sites (tertiary alicyclic amines) is 1. The van der Waals surface area contributed by atoms with Crippen molar-refractivity contribution in [2.24, 2.45) is 0 Å².